The van der Waals surface area contributed by atoms with Gasteiger partial charge in [0.25, 0.3) is 0 Å². The van der Waals surface area contributed by atoms with E-state index in [1.165, 1.54) is 0 Å². The van der Waals surface area contributed by atoms with E-state index in [-0.39, 0.29) is 12.4 Å². The number of fused-ring (bicyclic) bond motifs is 1. The molecule has 0 aliphatic heterocycles. The van der Waals surface area contributed by atoms with Gasteiger partial charge in [0.1, 0.15) is 11.3 Å². The molecule has 5 nitrogen and oxygen atoms in total. The first-order valence-electron chi connectivity index (χ1n) is 8.69. The lowest BCUT2D eigenvalue weighted by atomic mass is 10.1. The van der Waals surface area contributed by atoms with Crippen LogP contribution in [0.15, 0.2) is 36.4 Å². The van der Waals surface area contributed by atoms with E-state index < -0.39 is 5.60 Å². The molecule has 29 heavy (non-hydrogen) atoms. The molecular formula is C22H20Cl2N4O. The molecule has 0 spiro atoms. The Kier molecular flexibility index (Phi) is 7.06. The summed E-state index contributed by atoms with van der Waals surface area (Å²) in [6.07, 6.45) is 0. The quantitative estimate of drug-likeness (QED) is 0.440. The van der Waals surface area contributed by atoms with Gasteiger partial charge in [-0.2, -0.15) is 0 Å². The first kappa shape index (κ1) is 22.5. The second-order valence-corrected chi connectivity index (χ2v) is 7.39. The largest absolute Gasteiger partial charge is 0.378 e. The van der Waals surface area contributed by atoms with E-state index in [0.717, 1.165) is 21.9 Å². The third-order valence-electron chi connectivity index (χ3n) is 4.08. The van der Waals surface area contributed by atoms with Crippen molar-refractivity contribution in [1.29, 1.82) is 0 Å². The predicted octanol–water partition coefficient (Wildman–Crippen LogP) is 5.30. The van der Waals surface area contributed by atoms with Crippen LogP contribution in [0.1, 0.15) is 30.7 Å². The Morgan fingerprint density at radius 1 is 1.17 bits per heavy atom. The van der Waals surface area contributed by atoms with E-state index in [4.69, 9.17) is 18.2 Å². The maximum Gasteiger partial charge on any atom is 0.188 e. The molecule has 1 aromatic heterocycles. The lowest BCUT2D eigenvalue weighted by molar-refractivity contribution is 0.143. The molecule has 0 aliphatic rings. The van der Waals surface area contributed by atoms with Crippen LogP contribution in [0.2, 0.25) is 5.02 Å². The van der Waals surface area contributed by atoms with Crippen molar-refractivity contribution in [2.45, 2.75) is 32.9 Å². The van der Waals surface area contributed by atoms with Crippen LogP contribution >= 0.6 is 24.0 Å². The molecule has 0 fully saturated rings. The topological polar surface area (TPSA) is 62.4 Å². The summed E-state index contributed by atoms with van der Waals surface area (Å²) in [6.45, 7) is 13.0. The van der Waals surface area contributed by atoms with Crippen LogP contribution in [-0.4, -0.2) is 20.9 Å². The highest BCUT2D eigenvalue weighted by atomic mass is 35.5. The molecule has 1 heterocycles. The standard InChI is InChI=1S/C22H19ClN4O.ClH/c1-14-5-6-15(11-19(14)23)13-25-21-18-12-16(24-4)7-8-17(18)20(26-27-21)9-10-22(2,3)28;/h5-8,11-12,28H,13H2,1-3H3,(H,25,27);1H. The van der Waals surface area contributed by atoms with Crippen molar-refractivity contribution in [3.05, 3.63) is 69.7 Å². The minimum Gasteiger partial charge on any atom is -0.378 e. The first-order valence-corrected chi connectivity index (χ1v) is 9.07. The number of anilines is 1. The third-order valence-corrected chi connectivity index (χ3v) is 4.48. The maximum absolute atomic E-state index is 9.86. The molecule has 2 aromatic carbocycles. The van der Waals surface area contributed by atoms with Crippen molar-refractivity contribution in [3.63, 3.8) is 0 Å². The number of nitrogens with zero attached hydrogens (tertiary/aromatic N) is 3. The van der Waals surface area contributed by atoms with Gasteiger partial charge in [0.15, 0.2) is 11.5 Å². The first-order chi connectivity index (χ1) is 13.3. The molecular weight excluding hydrogens is 407 g/mol. The van der Waals surface area contributed by atoms with Crippen molar-refractivity contribution < 1.29 is 5.11 Å². The third kappa shape index (κ3) is 5.59. The highest BCUT2D eigenvalue weighted by Crippen LogP contribution is 2.28. The minimum absolute atomic E-state index is 0. The lowest BCUT2D eigenvalue weighted by Crippen LogP contribution is -2.14. The SMILES string of the molecule is Cl.[C-]#[N+]c1ccc2c(C#CC(C)(C)O)nnc(NCc3ccc(C)c(Cl)c3)c2c1. The second-order valence-electron chi connectivity index (χ2n) is 6.99. The molecule has 0 saturated carbocycles. The Hall–Kier alpha value is -2.83. The number of nitrogens with one attached hydrogen (secondary N) is 1. The molecule has 148 valence electrons. The highest BCUT2D eigenvalue weighted by Gasteiger charge is 2.11. The molecule has 0 aliphatic carbocycles. The van der Waals surface area contributed by atoms with Crippen LogP contribution in [0.3, 0.4) is 0 Å². The van der Waals surface area contributed by atoms with Gasteiger partial charge in [0.2, 0.25) is 0 Å². The van der Waals surface area contributed by atoms with Crippen LogP contribution < -0.4 is 5.32 Å². The van der Waals surface area contributed by atoms with Crippen LogP contribution in [0.4, 0.5) is 11.5 Å². The van der Waals surface area contributed by atoms with Gasteiger partial charge in [-0.1, -0.05) is 41.8 Å². The van der Waals surface area contributed by atoms with Gasteiger partial charge < -0.3 is 10.4 Å². The van der Waals surface area contributed by atoms with Gasteiger partial charge in [0.05, 0.1) is 6.57 Å². The summed E-state index contributed by atoms with van der Waals surface area (Å²) in [5.41, 5.74) is 1.86. The Balaban J connectivity index is 0.00000300. The molecule has 0 unspecified atom stereocenters. The summed E-state index contributed by atoms with van der Waals surface area (Å²) in [5, 5.41) is 23.8. The summed E-state index contributed by atoms with van der Waals surface area (Å²) in [6, 6.07) is 11.2. The predicted molar refractivity (Wildman–Crippen MR) is 120 cm³/mol. The van der Waals surface area contributed by atoms with Crippen molar-refractivity contribution in [3.8, 4) is 11.8 Å². The van der Waals surface area contributed by atoms with Crippen molar-refractivity contribution in [2.24, 2.45) is 0 Å². The highest BCUT2D eigenvalue weighted by molar-refractivity contribution is 6.31. The van der Waals surface area contributed by atoms with Gasteiger partial charge in [-0.25, -0.2) is 4.85 Å². The number of aliphatic hydroxyl groups is 1. The molecule has 3 aromatic rings. The summed E-state index contributed by atoms with van der Waals surface area (Å²) in [7, 11) is 0. The van der Waals surface area contributed by atoms with E-state index in [9.17, 15) is 5.11 Å². The number of aromatic nitrogens is 2. The fourth-order valence-electron chi connectivity index (χ4n) is 2.58. The number of aryl methyl sites for hydroxylation is 1. The zero-order valence-corrected chi connectivity index (χ0v) is 17.8. The van der Waals surface area contributed by atoms with Gasteiger partial charge in [-0.3, -0.25) is 0 Å². The average molecular weight is 427 g/mol. The molecule has 0 atom stereocenters. The normalized spacial score (nSPS) is 10.5. The van der Waals surface area contributed by atoms with Crippen LogP contribution in [0.25, 0.3) is 15.6 Å². The maximum atomic E-state index is 9.86. The Bertz CT molecular complexity index is 1150. The monoisotopic (exact) mass is 426 g/mol. The van der Waals surface area contributed by atoms with Crippen molar-refractivity contribution in [1.82, 2.24) is 10.2 Å². The summed E-state index contributed by atoms with van der Waals surface area (Å²) < 4.78 is 0. The van der Waals surface area contributed by atoms with Gasteiger partial charge in [-0.05, 0) is 50.0 Å². The van der Waals surface area contributed by atoms with E-state index in [1.54, 1.807) is 32.0 Å². The van der Waals surface area contributed by atoms with Crippen LogP contribution in [0.5, 0.6) is 0 Å². The Morgan fingerprint density at radius 3 is 2.59 bits per heavy atom. The smallest absolute Gasteiger partial charge is 0.188 e. The second kappa shape index (κ2) is 9.11. The molecule has 3 rings (SSSR count). The molecule has 2 N–H and O–H groups in total. The molecule has 0 radical (unpaired) electrons. The van der Waals surface area contributed by atoms with Gasteiger partial charge in [0, 0.05) is 22.3 Å². The zero-order valence-electron chi connectivity index (χ0n) is 16.2. The van der Waals surface area contributed by atoms with Crippen molar-refractivity contribution >= 4 is 46.3 Å². The van der Waals surface area contributed by atoms with E-state index in [2.05, 4.69) is 32.2 Å². The van der Waals surface area contributed by atoms with E-state index in [0.29, 0.717) is 28.8 Å². The van der Waals surface area contributed by atoms with E-state index >= 15 is 0 Å². The summed E-state index contributed by atoms with van der Waals surface area (Å²) in [5.74, 6) is 6.20. The Morgan fingerprint density at radius 2 is 1.93 bits per heavy atom. The molecule has 7 heteroatoms. The molecule has 0 saturated heterocycles. The summed E-state index contributed by atoms with van der Waals surface area (Å²) in [4.78, 5) is 3.50. The average Bonchev–Trinajstić information content (AvgIpc) is 2.66. The number of hydrogen-bond donors (Lipinski definition) is 2. The fraction of sp³-hybridized carbons (Fsp3) is 0.227. The van der Waals surface area contributed by atoms with Crippen LogP contribution in [-0.2, 0) is 6.54 Å². The zero-order chi connectivity index (χ0) is 20.3. The molecule has 0 amide bonds. The van der Waals surface area contributed by atoms with Crippen molar-refractivity contribution in [2.75, 3.05) is 5.32 Å². The van der Waals surface area contributed by atoms with Gasteiger partial charge >= 0.3 is 0 Å². The number of hydrogen-bond acceptors (Lipinski definition) is 4. The Labute approximate surface area is 181 Å². The number of benzene rings is 2. The fourth-order valence-corrected chi connectivity index (χ4v) is 2.78. The number of rotatable bonds is 3. The number of halogens is 2. The van der Waals surface area contributed by atoms with E-state index in [1.807, 2.05) is 25.1 Å². The van der Waals surface area contributed by atoms with Gasteiger partial charge in [-0.15, -0.1) is 22.6 Å². The molecule has 0 bridgehead atoms. The summed E-state index contributed by atoms with van der Waals surface area (Å²) >= 11 is 6.20. The van der Waals surface area contributed by atoms with Crippen LogP contribution in [0, 0.1) is 25.3 Å². The lowest BCUT2D eigenvalue weighted by Gasteiger charge is -2.11. The minimum atomic E-state index is -1.13.